The van der Waals surface area contributed by atoms with Crippen LogP contribution in [0.5, 0.6) is 0 Å². The number of anilines is 1. The molecule has 132 valence electrons. The summed E-state index contributed by atoms with van der Waals surface area (Å²) in [5.41, 5.74) is 1.96. The number of carbonyl (C=O) groups excluding carboxylic acids is 2. The average Bonchev–Trinajstić information content (AvgIpc) is 3.27. The molecule has 6 nitrogen and oxygen atoms in total. The largest absolute Gasteiger partial charge is 0.352 e. The van der Waals surface area contributed by atoms with Crippen LogP contribution in [0.15, 0.2) is 36.7 Å². The van der Waals surface area contributed by atoms with Gasteiger partial charge in [-0.05, 0) is 24.1 Å². The quantitative estimate of drug-likeness (QED) is 0.841. The van der Waals surface area contributed by atoms with Gasteiger partial charge < -0.3 is 14.8 Å². The van der Waals surface area contributed by atoms with Gasteiger partial charge in [0.2, 0.25) is 11.8 Å². The Kier molecular flexibility index (Phi) is 5.48. The number of nitrogens with one attached hydrogen (secondary N) is 1. The van der Waals surface area contributed by atoms with Gasteiger partial charge in [-0.15, -0.1) is 0 Å². The summed E-state index contributed by atoms with van der Waals surface area (Å²) in [4.78, 5) is 29.9. The minimum Gasteiger partial charge on any atom is -0.352 e. The van der Waals surface area contributed by atoms with Crippen molar-refractivity contribution in [3.8, 4) is 0 Å². The number of nitrogens with zero attached hydrogens (tertiary/aromatic N) is 3. The van der Waals surface area contributed by atoms with Gasteiger partial charge in [-0.25, -0.2) is 4.98 Å². The molecule has 3 rings (SSSR count). The average molecular weight is 340 g/mol. The van der Waals surface area contributed by atoms with E-state index in [1.165, 1.54) is 0 Å². The van der Waals surface area contributed by atoms with Crippen molar-refractivity contribution in [3.63, 3.8) is 0 Å². The summed E-state index contributed by atoms with van der Waals surface area (Å²) >= 11 is 0. The van der Waals surface area contributed by atoms with E-state index in [4.69, 9.17) is 0 Å². The number of hydrogen-bond acceptors (Lipinski definition) is 3. The first-order valence-electron chi connectivity index (χ1n) is 8.83. The van der Waals surface area contributed by atoms with Crippen LogP contribution < -0.4 is 10.2 Å². The number of aromatic nitrogens is 2. The van der Waals surface area contributed by atoms with Crippen LogP contribution in [-0.4, -0.2) is 27.9 Å². The molecule has 1 aromatic heterocycles. The van der Waals surface area contributed by atoms with Crippen LogP contribution in [0, 0.1) is 0 Å². The molecule has 2 aromatic rings. The van der Waals surface area contributed by atoms with E-state index in [1.54, 1.807) is 6.20 Å². The van der Waals surface area contributed by atoms with Gasteiger partial charge in [-0.1, -0.05) is 19.1 Å². The predicted octanol–water partition coefficient (Wildman–Crippen LogP) is 2.28. The van der Waals surface area contributed by atoms with Crippen molar-refractivity contribution in [2.24, 2.45) is 0 Å². The third-order valence-corrected chi connectivity index (χ3v) is 4.51. The maximum absolute atomic E-state index is 12.0. The van der Waals surface area contributed by atoms with E-state index in [0.29, 0.717) is 25.9 Å². The molecule has 1 aliphatic heterocycles. The topological polar surface area (TPSA) is 67.2 Å². The Bertz CT molecular complexity index is 736. The summed E-state index contributed by atoms with van der Waals surface area (Å²) in [5, 5.41) is 2.94. The van der Waals surface area contributed by atoms with Crippen LogP contribution in [0.1, 0.15) is 37.6 Å². The van der Waals surface area contributed by atoms with Crippen LogP contribution in [0.3, 0.4) is 0 Å². The van der Waals surface area contributed by atoms with Crippen molar-refractivity contribution in [2.75, 3.05) is 11.4 Å². The molecule has 0 aliphatic carbocycles. The molecular weight excluding hydrogens is 316 g/mol. The molecule has 0 atom stereocenters. The van der Waals surface area contributed by atoms with Gasteiger partial charge in [-0.3, -0.25) is 9.59 Å². The summed E-state index contributed by atoms with van der Waals surface area (Å²) < 4.78 is 2.02. The lowest BCUT2D eigenvalue weighted by atomic mass is 10.2. The molecule has 6 heteroatoms. The van der Waals surface area contributed by atoms with E-state index in [1.807, 2.05) is 39.9 Å². The number of imidazole rings is 1. The lowest BCUT2D eigenvalue weighted by Gasteiger charge is -2.16. The third-order valence-electron chi connectivity index (χ3n) is 4.51. The second-order valence-electron chi connectivity index (χ2n) is 6.23. The summed E-state index contributed by atoms with van der Waals surface area (Å²) in [7, 11) is 0. The second kappa shape index (κ2) is 7.96. The number of amides is 2. The second-order valence-corrected chi connectivity index (χ2v) is 6.23. The highest BCUT2D eigenvalue weighted by molar-refractivity contribution is 5.95. The van der Waals surface area contributed by atoms with Crippen LogP contribution in [0.2, 0.25) is 0 Å². The summed E-state index contributed by atoms with van der Waals surface area (Å²) in [6.45, 7) is 3.99. The highest BCUT2D eigenvalue weighted by Crippen LogP contribution is 2.21. The molecule has 1 saturated heterocycles. The van der Waals surface area contributed by atoms with Gasteiger partial charge in [0.05, 0.1) is 0 Å². The van der Waals surface area contributed by atoms with Gasteiger partial charge in [0.15, 0.2) is 0 Å². The van der Waals surface area contributed by atoms with Gasteiger partial charge in [0.25, 0.3) is 0 Å². The summed E-state index contributed by atoms with van der Waals surface area (Å²) in [6.07, 6.45) is 6.53. The summed E-state index contributed by atoms with van der Waals surface area (Å²) in [5.74, 6) is 1.21. The fraction of sp³-hybridized carbons (Fsp3) is 0.421. The Morgan fingerprint density at radius 3 is 2.76 bits per heavy atom. The lowest BCUT2D eigenvalue weighted by Crippen LogP contribution is -2.25. The number of benzene rings is 1. The normalized spacial score (nSPS) is 14.1. The first kappa shape index (κ1) is 17.2. The van der Waals surface area contributed by atoms with E-state index in [9.17, 15) is 9.59 Å². The van der Waals surface area contributed by atoms with Crippen LogP contribution in [0.25, 0.3) is 0 Å². The first-order valence-corrected chi connectivity index (χ1v) is 8.83. The van der Waals surface area contributed by atoms with Crippen LogP contribution >= 0.6 is 0 Å². The fourth-order valence-electron chi connectivity index (χ4n) is 3.08. The molecule has 25 heavy (non-hydrogen) atoms. The molecule has 2 amide bonds. The maximum Gasteiger partial charge on any atom is 0.227 e. The first-order chi connectivity index (χ1) is 12.2. The van der Waals surface area contributed by atoms with Crippen LogP contribution in [0.4, 0.5) is 5.69 Å². The van der Waals surface area contributed by atoms with Crippen LogP contribution in [-0.2, 0) is 29.1 Å². The molecule has 1 fully saturated rings. The Morgan fingerprint density at radius 2 is 2.08 bits per heavy atom. The van der Waals surface area contributed by atoms with E-state index in [2.05, 4.69) is 17.2 Å². The number of rotatable bonds is 7. The number of hydrogen-bond donors (Lipinski definition) is 1. The molecule has 0 unspecified atom stereocenters. The molecule has 0 bridgehead atoms. The zero-order chi connectivity index (χ0) is 17.6. The zero-order valence-corrected chi connectivity index (χ0v) is 14.6. The molecular formula is C19H24N4O2. The Morgan fingerprint density at radius 1 is 1.28 bits per heavy atom. The Hall–Kier alpha value is -2.63. The SMILES string of the molecule is CCc1nccn1CCC(=O)NCc1ccc(N2CCCC2=O)cc1. The monoisotopic (exact) mass is 340 g/mol. The van der Waals surface area contributed by atoms with E-state index in [0.717, 1.165) is 36.5 Å². The van der Waals surface area contributed by atoms with Gasteiger partial charge >= 0.3 is 0 Å². The molecule has 0 saturated carbocycles. The van der Waals surface area contributed by atoms with Crippen molar-refractivity contribution in [2.45, 2.75) is 45.7 Å². The Labute approximate surface area is 147 Å². The van der Waals surface area contributed by atoms with E-state index in [-0.39, 0.29) is 11.8 Å². The lowest BCUT2D eigenvalue weighted by molar-refractivity contribution is -0.121. The number of aryl methyl sites for hydroxylation is 2. The van der Waals surface area contributed by atoms with Crippen molar-refractivity contribution < 1.29 is 9.59 Å². The molecule has 1 N–H and O–H groups in total. The minimum atomic E-state index is 0.0227. The zero-order valence-electron chi connectivity index (χ0n) is 14.6. The molecule has 0 spiro atoms. The van der Waals surface area contributed by atoms with E-state index < -0.39 is 0 Å². The molecule has 1 aliphatic rings. The molecule has 1 aromatic carbocycles. The predicted molar refractivity (Wildman–Crippen MR) is 96.1 cm³/mol. The van der Waals surface area contributed by atoms with Gasteiger partial charge in [-0.2, -0.15) is 0 Å². The highest BCUT2D eigenvalue weighted by Gasteiger charge is 2.21. The minimum absolute atomic E-state index is 0.0227. The third kappa shape index (κ3) is 4.26. The van der Waals surface area contributed by atoms with Crippen molar-refractivity contribution in [1.29, 1.82) is 0 Å². The van der Waals surface area contributed by atoms with Gasteiger partial charge in [0, 0.05) is 57.0 Å². The Balaban J connectivity index is 1.46. The highest BCUT2D eigenvalue weighted by atomic mass is 16.2. The summed E-state index contributed by atoms with van der Waals surface area (Å²) in [6, 6.07) is 7.83. The number of carbonyl (C=O) groups is 2. The van der Waals surface area contributed by atoms with Gasteiger partial charge in [0.1, 0.15) is 5.82 Å². The smallest absolute Gasteiger partial charge is 0.227 e. The van der Waals surface area contributed by atoms with Crippen molar-refractivity contribution in [3.05, 3.63) is 48.0 Å². The van der Waals surface area contributed by atoms with Crippen molar-refractivity contribution >= 4 is 17.5 Å². The fourth-order valence-corrected chi connectivity index (χ4v) is 3.08. The van der Waals surface area contributed by atoms with E-state index >= 15 is 0 Å². The molecule has 0 radical (unpaired) electrons. The standard InChI is InChI=1S/C19H24N4O2/c1-2-17-20-10-13-22(17)12-9-18(24)21-14-15-5-7-16(8-6-15)23-11-3-4-19(23)25/h5-8,10,13H,2-4,9,11-12,14H2,1H3,(H,21,24). The van der Waals surface area contributed by atoms with Crippen molar-refractivity contribution in [1.82, 2.24) is 14.9 Å². The maximum atomic E-state index is 12.0. The molecule has 2 heterocycles.